The number of aromatic nitrogens is 1. The van der Waals surface area contributed by atoms with Crippen LogP contribution in [0.4, 0.5) is 18.9 Å². The van der Waals surface area contributed by atoms with E-state index in [0.29, 0.717) is 29.1 Å². The number of aliphatic hydroxyl groups is 1. The molecule has 0 radical (unpaired) electrons. The standard InChI is InChI=1S/C17H17F3N2O2S/c1-10-9-25-15(21-10)16(24,17(18,19)20)8-14(23)22-11(2)7-12-5-3-4-6-13(12)22/h3-6,9,11,24H,7-8H2,1-2H3/t11-,16+/m1/s1. The highest BCUT2D eigenvalue weighted by atomic mass is 32.1. The number of aryl methyl sites for hydroxylation is 1. The number of carbonyl (C=O) groups excluding carboxylic acids is 1. The Morgan fingerprint density at radius 2 is 2.08 bits per heavy atom. The molecule has 0 spiro atoms. The van der Waals surface area contributed by atoms with Crippen molar-refractivity contribution < 1.29 is 23.1 Å². The molecule has 3 rings (SSSR count). The van der Waals surface area contributed by atoms with Crippen molar-refractivity contribution in [2.45, 2.75) is 44.5 Å². The van der Waals surface area contributed by atoms with Gasteiger partial charge in [0.2, 0.25) is 11.5 Å². The number of nitrogens with zero attached hydrogens (tertiary/aromatic N) is 2. The molecule has 0 unspecified atom stereocenters. The number of fused-ring (bicyclic) bond motifs is 1. The highest BCUT2D eigenvalue weighted by Crippen LogP contribution is 2.44. The van der Waals surface area contributed by atoms with Crippen LogP contribution in [-0.4, -0.2) is 28.2 Å². The normalized spacial score (nSPS) is 19.6. The fourth-order valence-corrected chi connectivity index (χ4v) is 4.01. The van der Waals surface area contributed by atoms with Crippen LogP contribution in [-0.2, 0) is 16.8 Å². The average Bonchev–Trinajstić information content (AvgIpc) is 3.08. The molecule has 0 fully saturated rings. The number of amides is 1. The molecule has 2 heterocycles. The maximum Gasteiger partial charge on any atom is 0.424 e. The zero-order valence-corrected chi connectivity index (χ0v) is 14.5. The Labute approximate surface area is 146 Å². The Hall–Kier alpha value is -1.93. The molecule has 1 aliphatic heterocycles. The molecule has 25 heavy (non-hydrogen) atoms. The van der Waals surface area contributed by atoms with E-state index in [9.17, 15) is 23.1 Å². The Balaban J connectivity index is 1.94. The van der Waals surface area contributed by atoms with Gasteiger partial charge >= 0.3 is 6.18 Å². The van der Waals surface area contributed by atoms with E-state index >= 15 is 0 Å². The van der Waals surface area contributed by atoms with Crippen LogP contribution in [0.3, 0.4) is 0 Å². The first-order valence-electron chi connectivity index (χ1n) is 7.75. The van der Waals surface area contributed by atoms with E-state index in [-0.39, 0.29) is 6.04 Å². The van der Waals surface area contributed by atoms with Crippen LogP contribution in [0.15, 0.2) is 29.6 Å². The second kappa shape index (κ2) is 6.10. The fourth-order valence-electron chi connectivity index (χ4n) is 3.09. The third-order valence-electron chi connectivity index (χ3n) is 4.32. The van der Waals surface area contributed by atoms with Crippen molar-refractivity contribution >= 4 is 22.9 Å². The summed E-state index contributed by atoms with van der Waals surface area (Å²) in [6.45, 7) is 3.31. The molecule has 1 aromatic carbocycles. The lowest BCUT2D eigenvalue weighted by atomic mass is 9.98. The van der Waals surface area contributed by atoms with Crippen molar-refractivity contribution in [2.24, 2.45) is 0 Å². The number of thiazole rings is 1. The number of alkyl halides is 3. The van der Waals surface area contributed by atoms with Crippen LogP contribution < -0.4 is 4.90 Å². The van der Waals surface area contributed by atoms with E-state index in [1.807, 2.05) is 12.1 Å². The quantitative estimate of drug-likeness (QED) is 0.899. The fraction of sp³-hybridized carbons (Fsp3) is 0.412. The molecule has 1 aliphatic rings. The van der Waals surface area contributed by atoms with Gasteiger partial charge in [0.25, 0.3) is 0 Å². The predicted octanol–water partition coefficient (Wildman–Crippen LogP) is 3.57. The number of halogens is 3. The van der Waals surface area contributed by atoms with Gasteiger partial charge < -0.3 is 10.0 Å². The summed E-state index contributed by atoms with van der Waals surface area (Å²) in [5.41, 5.74) is -1.42. The molecular weight excluding hydrogens is 353 g/mol. The van der Waals surface area contributed by atoms with Gasteiger partial charge in [-0.05, 0) is 31.9 Å². The minimum absolute atomic E-state index is 0.264. The number of para-hydroxylation sites is 1. The second-order valence-electron chi connectivity index (χ2n) is 6.27. The van der Waals surface area contributed by atoms with Gasteiger partial charge in [-0.25, -0.2) is 4.98 Å². The van der Waals surface area contributed by atoms with E-state index in [4.69, 9.17) is 0 Å². The number of benzene rings is 1. The zero-order valence-electron chi connectivity index (χ0n) is 13.7. The summed E-state index contributed by atoms with van der Waals surface area (Å²) in [4.78, 5) is 17.8. The minimum Gasteiger partial charge on any atom is -0.374 e. The summed E-state index contributed by atoms with van der Waals surface area (Å²) >= 11 is 0.702. The monoisotopic (exact) mass is 370 g/mol. The Kier molecular flexibility index (Phi) is 4.36. The lowest BCUT2D eigenvalue weighted by molar-refractivity contribution is -0.267. The largest absolute Gasteiger partial charge is 0.424 e. The SMILES string of the molecule is Cc1csc([C@@](O)(CC(=O)N2c3ccccc3C[C@H]2C)C(F)(F)F)n1. The van der Waals surface area contributed by atoms with Crippen LogP contribution in [0.1, 0.15) is 29.6 Å². The van der Waals surface area contributed by atoms with E-state index in [1.165, 1.54) is 17.2 Å². The van der Waals surface area contributed by atoms with Crippen molar-refractivity contribution in [3.63, 3.8) is 0 Å². The summed E-state index contributed by atoms with van der Waals surface area (Å²) in [5.74, 6) is -0.773. The molecule has 8 heteroatoms. The Bertz CT molecular complexity index is 805. The van der Waals surface area contributed by atoms with Gasteiger partial charge in [0.15, 0.2) is 0 Å². The van der Waals surface area contributed by atoms with Crippen molar-refractivity contribution in [3.05, 3.63) is 45.9 Å². The topological polar surface area (TPSA) is 53.4 Å². The first-order chi connectivity index (χ1) is 11.6. The van der Waals surface area contributed by atoms with Crippen molar-refractivity contribution in [3.8, 4) is 0 Å². The van der Waals surface area contributed by atoms with Gasteiger partial charge in [-0.1, -0.05) is 18.2 Å². The van der Waals surface area contributed by atoms with Crippen molar-refractivity contribution in [1.82, 2.24) is 4.98 Å². The molecule has 1 N–H and O–H groups in total. The summed E-state index contributed by atoms with van der Waals surface area (Å²) in [6.07, 6.45) is -5.53. The number of carbonyl (C=O) groups is 1. The van der Waals surface area contributed by atoms with Crippen LogP contribution in [0, 0.1) is 6.92 Å². The maximum absolute atomic E-state index is 13.6. The Morgan fingerprint density at radius 3 is 2.68 bits per heavy atom. The second-order valence-corrected chi connectivity index (χ2v) is 7.13. The summed E-state index contributed by atoms with van der Waals surface area (Å²) < 4.78 is 40.8. The average molecular weight is 370 g/mol. The molecule has 1 amide bonds. The van der Waals surface area contributed by atoms with E-state index < -0.39 is 29.1 Å². The summed E-state index contributed by atoms with van der Waals surface area (Å²) in [5, 5.41) is 11.3. The van der Waals surface area contributed by atoms with Crippen LogP contribution in [0.25, 0.3) is 0 Å². The lowest BCUT2D eigenvalue weighted by Gasteiger charge is -2.31. The molecule has 2 atom stereocenters. The molecular formula is C17H17F3N2O2S. The highest BCUT2D eigenvalue weighted by Gasteiger charge is 2.58. The number of anilines is 1. The molecule has 0 saturated carbocycles. The molecule has 4 nitrogen and oxygen atoms in total. The summed E-state index contributed by atoms with van der Waals surface area (Å²) in [7, 11) is 0. The third kappa shape index (κ3) is 3.04. The molecule has 0 bridgehead atoms. The van der Waals surface area contributed by atoms with Crippen LogP contribution in [0.5, 0.6) is 0 Å². The van der Waals surface area contributed by atoms with Crippen molar-refractivity contribution in [1.29, 1.82) is 0 Å². The predicted molar refractivity (Wildman–Crippen MR) is 88.5 cm³/mol. The number of hydrogen-bond donors (Lipinski definition) is 1. The molecule has 0 aliphatic carbocycles. The number of hydrogen-bond acceptors (Lipinski definition) is 4. The Morgan fingerprint density at radius 1 is 1.40 bits per heavy atom. The zero-order chi connectivity index (χ0) is 18.4. The smallest absolute Gasteiger partial charge is 0.374 e. The van der Waals surface area contributed by atoms with Gasteiger partial charge in [0, 0.05) is 22.8 Å². The van der Waals surface area contributed by atoms with E-state index in [0.717, 1.165) is 5.56 Å². The van der Waals surface area contributed by atoms with Crippen LogP contribution >= 0.6 is 11.3 Å². The van der Waals surface area contributed by atoms with E-state index in [2.05, 4.69) is 4.98 Å². The third-order valence-corrected chi connectivity index (χ3v) is 5.44. The van der Waals surface area contributed by atoms with Crippen LogP contribution in [0.2, 0.25) is 0 Å². The maximum atomic E-state index is 13.6. The van der Waals surface area contributed by atoms with E-state index in [1.54, 1.807) is 19.1 Å². The lowest BCUT2D eigenvalue weighted by Crippen LogP contribution is -2.48. The molecule has 0 saturated heterocycles. The minimum atomic E-state index is -5.00. The molecule has 1 aromatic heterocycles. The van der Waals surface area contributed by atoms with Crippen molar-refractivity contribution in [2.75, 3.05) is 4.90 Å². The summed E-state index contributed by atoms with van der Waals surface area (Å²) in [6, 6.07) is 6.85. The van der Waals surface area contributed by atoms with Gasteiger partial charge in [0.05, 0.1) is 6.42 Å². The number of rotatable bonds is 3. The van der Waals surface area contributed by atoms with Gasteiger partial charge in [-0.15, -0.1) is 11.3 Å². The van der Waals surface area contributed by atoms with Gasteiger partial charge in [-0.3, -0.25) is 4.79 Å². The van der Waals surface area contributed by atoms with Gasteiger partial charge in [0.1, 0.15) is 5.01 Å². The first-order valence-corrected chi connectivity index (χ1v) is 8.63. The van der Waals surface area contributed by atoms with Gasteiger partial charge in [-0.2, -0.15) is 13.2 Å². The highest BCUT2D eigenvalue weighted by molar-refractivity contribution is 7.09. The molecule has 2 aromatic rings. The first kappa shape index (κ1) is 17.9. The molecule has 134 valence electrons.